The van der Waals surface area contributed by atoms with E-state index < -0.39 is 0 Å². The van der Waals surface area contributed by atoms with Crippen LogP contribution in [-0.2, 0) is 6.61 Å². The minimum Gasteiger partial charge on any atom is -0.496 e. The molecule has 11 heteroatoms. The second-order valence-corrected chi connectivity index (χ2v) is 11.1. The summed E-state index contributed by atoms with van der Waals surface area (Å²) >= 11 is 16.7. The van der Waals surface area contributed by atoms with E-state index in [0.717, 1.165) is 10.9 Å². The highest BCUT2D eigenvalue weighted by Gasteiger charge is 2.20. The van der Waals surface area contributed by atoms with Gasteiger partial charge in [-0.3, -0.25) is 4.79 Å². The summed E-state index contributed by atoms with van der Waals surface area (Å²) in [6.45, 7) is 2.41. The van der Waals surface area contributed by atoms with Gasteiger partial charge >= 0.3 is 0 Å². The van der Waals surface area contributed by atoms with Crippen LogP contribution in [0.1, 0.15) is 18.1 Å². The third-order valence-corrected chi connectivity index (χ3v) is 8.63. The van der Waals surface area contributed by atoms with Crippen molar-refractivity contribution in [3.8, 4) is 28.8 Å². The van der Waals surface area contributed by atoms with Gasteiger partial charge in [-0.25, -0.2) is 4.98 Å². The van der Waals surface area contributed by atoms with Gasteiger partial charge < -0.3 is 18.6 Å². The Balaban J connectivity index is 1.45. The number of halogens is 3. The third kappa shape index (κ3) is 5.66. The van der Waals surface area contributed by atoms with Crippen molar-refractivity contribution >= 4 is 67.2 Å². The van der Waals surface area contributed by atoms with E-state index in [4.69, 9.17) is 46.8 Å². The van der Waals surface area contributed by atoms with Crippen molar-refractivity contribution in [1.29, 1.82) is 0 Å². The van der Waals surface area contributed by atoms with Crippen LogP contribution in [0.25, 0.3) is 33.5 Å². The molecule has 2 heterocycles. The highest BCUT2D eigenvalue weighted by molar-refractivity contribution is 9.10. The van der Waals surface area contributed by atoms with E-state index in [2.05, 4.69) is 21.0 Å². The first-order valence-corrected chi connectivity index (χ1v) is 15.1. The molecule has 222 valence electrons. The molecule has 2 aromatic heterocycles. The Hall–Kier alpha value is -4.31. The monoisotopic (exact) mass is 691 g/mol. The number of benzene rings is 4. The van der Waals surface area contributed by atoms with Crippen LogP contribution in [0.4, 0.5) is 0 Å². The number of aromatic nitrogens is 2. The van der Waals surface area contributed by atoms with Crippen molar-refractivity contribution in [1.82, 2.24) is 9.66 Å². The molecule has 6 rings (SSSR count). The molecule has 6 aromatic rings. The Labute approximate surface area is 270 Å². The zero-order valence-electron chi connectivity index (χ0n) is 23.5. The molecule has 44 heavy (non-hydrogen) atoms. The summed E-state index contributed by atoms with van der Waals surface area (Å²) in [6.07, 6.45) is 1.50. The smallest absolute Gasteiger partial charge is 0.282 e. The minimum atomic E-state index is -0.374. The fourth-order valence-electron chi connectivity index (χ4n) is 4.69. The van der Waals surface area contributed by atoms with Crippen molar-refractivity contribution in [2.75, 3.05) is 13.7 Å². The van der Waals surface area contributed by atoms with Gasteiger partial charge in [0.1, 0.15) is 23.0 Å². The summed E-state index contributed by atoms with van der Waals surface area (Å²) in [5, 5.41) is 6.58. The van der Waals surface area contributed by atoms with Crippen LogP contribution >= 0.6 is 39.1 Å². The highest BCUT2D eigenvalue weighted by atomic mass is 79.9. The van der Waals surface area contributed by atoms with Crippen LogP contribution < -0.4 is 19.8 Å². The van der Waals surface area contributed by atoms with Gasteiger partial charge in [-0.05, 0) is 65.3 Å². The topological polar surface area (TPSA) is 88.1 Å². The van der Waals surface area contributed by atoms with Gasteiger partial charge in [0.2, 0.25) is 5.82 Å². The highest BCUT2D eigenvalue weighted by Crippen LogP contribution is 2.43. The summed E-state index contributed by atoms with van der Waals surface area (Å²) in [5.74, 6) is 1.95. The average Bonchev–Trinajstić information content (AvgIpc) is 3.48. The second-order valence-electron chi connectivity index (χ2n) is 9.53. The number of ether oxygens (including phenoxy) is 3. The summed E-state index contributed by atoms with van der Waals surface area (Å²) in [5.41, 5.74) is 2.06. The first kappa shape index (κ1) is 29.7. The lowest BCUT2D eigenvalue weighted by Gasteiger charge is -2.16. The fourth-order valence-corrected chi connectivity index (χ4v) is 5.54. The molecule has 0 radical (unpaired) electrons. The predicted molar refractivity (Wildman–Crippen MR) is 177 cm³/mol. The Kier molecular flexibility index (Phi) is 8.61. The number of nitrogens with zero attached hydrogens (tertiary/aromatic N) is 3. The molecule has 0 saturated carbocycles. The summed E-state index contributed by atoms with van der Waals surface area (Å²) in [7, 11) is 1.59. The second kappa shape index (κ2) is 12.7. The Bertz CT molecular complexity index is 2110. The van der Waals surface area contributed by atoms with E-state index in [0.29, 0.717) is 61.2 Å². The zero-order valence-corrected chi connectivity index (χ0v) is 26.6. The molecule has 0 aliphatic heterocycles. The maximum absolute atomic E-state index is 13.8. The molecular formula is C33H24BrCl2N3O5. The Morgan fingerprint density at radius 3 is 2.57 bits per heavy atom. The van der Waals surface area contributed by atoms with Crippen molar-refractivity contribution in [2.24, 2.45) is 5.10 Å². The zero-order chi connectivity index (χ0) is 30.8. The molecule has 8 nitrogen and oxygen atoms in total. The summed E-state index contributed by atoms with van der Waals surface area (Å²) in [4.78, 5) is 18.5. The van der Waals surface area contributed by atoms with E-state index >= 15 is 0 Å². The number of fused-ring (bicyclic) bond motifs is 2. The number of para-hydroxylation sites is 1. The number of hydrogen-bond acceptors (Lipinski definition) is 7. The summed E-state index contributed by atoms with van der Waals surface area (Å²) < 4.78 is 25.3. The van der Waals surface area contributed by atoms with Gasteiger partial charge in [-0.2, -0.15) is 9.78 Å². The number of methoxy groups -OCH3 is 1. The van der Waals surface area contributed by atoms with E-state index in [1.54, 1.807) is 43.5 Å². The van der Waals surface area contributed by atoms with Gasteiger partial charge in [0, 0.05) is 20.6 Å². The molecule has 0 bridgehead atoms. The normalized spacial score (nSPS) is 11.5. The average molecular weight is 693 g/mol. The molecule has 0 atom stereocenters. The third-order valence-electron chi connectivity index (χ3n) is 6.81. The van der Waals surface area contributed by atoms with E-state index in [1.165, 1.54) is 10.9 Å². The van der Waals surface area contributed by atoms with Crippen LogP contribution in [0.5, 0.6) is 17.2 Å². The first-order chi connectivity index (χ1) is 21.4. The SMILES string of the molecule is CCOc1cc(C=Nn2c(-c3cc4c(OC)cccc4o3)nc3ccccc3c2=O)c(Br)c(Cl)c1OCc1ccccc1Cl. The van der Waals surface area contributed by atoms with Gasteiger partial charge in [0.25, 0.3) is 5.56 Å². The lowest BCUT2D eigenvalue weighted by atomic mass is 10.2. The molecule has 0 aliphatic carbocycles. The van der Waals surface area contributed by atoms with Crippen LogP contribution in [0.2, 0.25) is 10.0 Å². The molecule has 0 N–H and O–H groups in total. The number of furan rings is 1. The van der Waals surface area contributed by atoms with Crippen LogP contribution in [0, 0.1) is 0 Å². The van der Waals surface area contributed by atoms with Gasteiger partial charge in [0.05, 0.1) is 36.2 Å². The fraction of sp³-hybridized carbons (Fsp3) is 0.121. The molecule has 4 aromatic carbocycles. The van der Waals surface area contributed by atoms with Gasteiger partial charge in [0.15, 0.2) is 17.3 Å². The Morgan fingerprint density at radius 1 is 0.977 bits per heavy atom. The van der Waals surface area contributed by atoms with Crippen molar-refractivity contribution in [2.45, 2.75) is 13.5 Å². The lowest BCUT2D eigenvalue weighted by molar-refractivity contribution is 0.269. The van der Waals surface area contributed by atoms with Crippen molar-refractivity contribution < 1.29 is 18.6 Å². The van der Waals surface area contributed by atoms with Gasteiger partial charge in [-0.1, -0.05) is 59.6 Å². The summed E-state index contributed by atoms with van der Waals surface area (Å²) in [6, 6.07) is 23.4. The molecule has 0 fully saturated rings. The van der Waals surface area contributed by atoms with Crippen LogP contribution in [-0.4, -0.2) is 29.6 Å². The van der Waals surface area contributed by atoms with E-state index in [-0.39, 0.29) is 23.0 Å². The first-order valence-electron chi connectivity index (χ1n) is 13.5. The van der Waals surface area contributed by atoms with Gasteiger partial charge in [-0.15, -0.1) is 0 Å². The van der Waals surface area contributed by atoms with E-state index in [9.17, 15) is 4.79 Å². The Morgan fingerprint density at radius 2 is 1.77 bits per heavy atom. The molecule has 0 spiro atoms. The van der Waals surface area contributed by atoms with E-state index in [1.807, 2.05) is 49.4 Å². The quantitative estimate of drug-likeness (QED) is 0.141. The number of rotatable bonds is 9. The predicted octanol–water partition coefficient (Wildman–Crippen LogP) is 8.75. The molecular weight excluding hydrogens is 669 g/mol. The maximum Gasteiger partial charge on any atom is 0.282 e. The van der Waals surface area contributed by atoms with Crippen LogP contribution in [0.15, 0.2) is 97.6 Å². The molecule has 0 saturated heterocycles. The van der Waals surface area contributed by atoms with Crippen LogP contribution in [0.3, 0.4) is 0 Å². The largest absolute Gasteiger partial charge is 0.496 e. The molecule has 0 amide bonds. The number of hydrogen-bond donors (Lipinski definition) is 0. The molecule has 0 aliphatic rings. The van der Waals surface area contributed by atoms with Crippen molar-refractivity contribution in [3.05, 3.63) is 115 Å². The maximum atomic E-state index is 13.8. The van der Waals surface area contributed by atoms with Crippen molar-refractivity contribution in [3.63, 3.8) is 0 Å². The lowest BCUT2D eigenvalue weighted by Crippen LogP contribution is -2.20. The molecule has 0 unspecified atom stereocenters. The standard InChI is InChI=1S/C33H24BrCl2N3O5/c1-3-42-27-15-20(29(34)30(36)31(27)43-18-19-9-4-6-11-23(19)35)17-37-39-32(38-24-12-7-5-10-21(24)33(39)40)28-16-22-25(41-2)13-8-14-26(22)44-28/h4-17H,3,18H2,1-2H3. The minimum absolute atomic E-state index is 0.184.